The van der Waals surface area contributed by atoms with Crippen LogP contribution in [-0.2, 0) is 28.6 Å². The molecule has 10 heteroatoms. The van der Waals surface area contributed by atoms with Crippen LogP contribution in [0.15, 0.2) is 36.0 Å². The van der Waals surface area contributed by atoms with Gasteiger partial charge in [-0.1, -0.05) is 43.7 Å². The van der Waals surface area contributed by atoms with Crippen LogP contribution in [0.2, 0.25) is 0 Å². The lowest BCUT2D eigenvalue weighted by Crippen LogP contribution is -2.50. The van der Waals surface area contributed by atoms with Crippen molar-refractivity contribution in [3.05, 3.63) is 36.0 Å². The molecule has 212 valence electrons. The molecule has 3 fully saturated rings. The SMILES string of the molecule is CC(C=C[C@H]1O[C@H](CC(N)=O)C[C@@]2(CO2)[C@@H]1O)=CC[C@@H]1O[C@H](C)[C@H](NC(=O)C=CC(C)CC(=O)O)C[C@@H]1C. The molecule has 0 bridgehead atoms. The predicted octanol–water partition coefficient (Wildman–Crippen LogP) is 2.01. The Morgan fingerprint density at radius 3 is 2.55 bits per heavy atom. The number of aliphatic hydroxyl groups excluding tert-OH is 1. The summed E-state index contributed by atoms with van der Waals surface area (Å²) in [5.41, 5.74) is 5.68. The van der Waals surface area contributed by atoms with E-state index in [2.05, 4.69) is 18.3 Å². The number of hydrogen-bond donors (Lipinski definition) is 4. The zero-order chi connectivity index (χ0) is 28.0. The first-order valence-corrected chi connectivity index (χ1v) is 13.3. The number of carboxylic acids is 1. The lowest BCUT2D eigenvalue weighted by molar-refractivity contribution is -0.143. The Morgan fingerprint density at radius 1 is 1.21 bits per heavy atom. The molecule has 2 amide bonds. The third-order valence-corrected chi connectivity index (χ3v) is 7.55. The summed E-state index contributed by atoms with van der Waals surface area (Å²) in [6.45, 7) is 8.21. The fourth-order valence-corrected chi connectivity index (χ4v) is 5.18. The van der Waals surface area contributed by atoms with Gasteiger partial charge >= 0.3 is 5.97 Å². The number of carboxylic acid groups (broad SMARTS) is 1. The molecule has 10 nitrogen and oxygen atoms in total. The number of aliphatic hydroxyl groups is 1. The Kier molecular flexibility index (Phi) is 10.3. The fraction of sp³-hybridized carbons (Fsp3) is 0.679. The van der Waals surface area contributed by atoms with Crippen molar-refractivity contribution in [2.45, 2.75) is 102 Å². The Balaban J connectivity index is 1.49. The molecule has 0 radical (unpaired) electrons. The molecule has 3 aliphatic heterocycles. The first-order valence-electron chi connectivity index (χ1n) is 13.3. The van der Waals surface area contributed by atoms with Gasteiger partial charge in [0.05, 0.1) is 43.8 Å². The highest BCUT2D eigenvalue weighted by atomic mass is 16.6. The normalized spacial score (nSPS) is 36.4. The Hall–Kier alpha value is -2.53. The van der Waals surface area contributed by atoms with E-state index in [-0.39, 0.29) is 54.9 Å². The van der Waals surface area contributed by atoms with Crippen molar-refractivity contribution in [2.75, 3.05) is 6.61 Å². The number of carbonyl (C=O) groups excluding carboxylic acids is 2. The molecule has 3 saturated heterocycles. The molecule has 0 aromatic heterocycles. The van der Waals surface area contributed by atoms with Gasteiger partial charge in [-0.25, -0.2) is 0 Å². The van der Waals surface area contributed by atoms with Gasteiger partial charge < -0.3 is 35.5 Å². The molecule has 38 heavy (non-hydrogen) atoms. The minimum Gasteiger partial charge on any atom is -0.481 e. The number of rotatable bonds is 11. The number of primary amides is 1. The van der Waals surface area contributed by atoms with E-state index in [1.807, 2.05) is 19.9 Å². The molecule has 3 heterocycles. The first-order chi connectivity index (χ1) is 17.9. The summed E-state index contributed by atoms with van der Waals surface area (Å²) in [5, 5.41) is 22.5. The van der Waals surface area contributed by atoms with Crippen LogP contribution in [0.3, 0.4) is 0 Å². The van der Waals surface area contributed by atoms with E-state index in [1.54, 1.807) is 19.1 Å². The van der Waals surface area contributed by atoms with Gasteiger partial charge in [-0.05, 0) is 44.6 Å². The van der Waals surface area contributed by atoms with Crippen LogP contribution in [0.5, 0.6) is 0 Å². The molecule has 1 spiro atoms. The van der Waals surface area contributed by atoms with Crippen LogP contribution in [0.1, 0.15) is 59.8 Å². The van der Waals surface area contributed by atoms with E-state index in [0.29, 0.717) is 19.4 Å². The maximum atomic E-state index is 12.3. The Bertz CT molecular complexity index is 957. The maximum Gasteiger partial charge on any atom is 0.303 e. The van der Waals surface area contributed by atoms with E-state index in [9.17, 15) is 19.5 Å². The number of ether oxygens (including phenoxy) is 3. The van der Waals surface area contributed by atoms with E-state index in [1.165, 1.54) is 6.08 Å². The molecule has 0 aromatic carbocycles. The van der Waals surface area contributed by atoms with E-state index >= 15 is 0 Å². The third-order valence-electron chi connectivity index (χ3n) is 7.55. The van der Waals surface area contributed by atoms with E-state index in [0.717, 1.165) is 12.0 Å². The van der Waals surface area contributed by atoms with Crippen molar-refractivity contribution >= 4 is 17.8 Å². The summed E-state index contributed by atoms with van der Waals surface area (Å²) < 4.78 is 17.7. The summed E-state index contributed by atoms with van der Waals surface area (Å²) in [7, 11) is 0. The van der Waals surface area contributed by atoms with Crippen molar-refractivity contribution in [3.8, 4) is 0 Å². The van der Waals surface area contributed by atoms with Gasteiger partial charge in [0.25, 0.3) is 0 Å². The average Bonchev–Trinajstić information content (AvgIpc) is 3.59. The fourth-order valence-electron chi connectivity index (χ4n) is 5.18. The second-order valence-corrected chi connectivity index (χ2v) is 11.1. The summed E-state index contributed by atoms with van der Waals surface area (Å²) in [4.78, 5) is 34.4. The Labute approximate surface area is 224 Å². The molecule has 0 aliphatic carbocycles. The zero-order valence-corrected chi connectivity index (χ0v) is 22.7. The third kappa shape index (κ3) is 8.49. The summed E-state index contributed by atoms with van der Waals surface area (Å²) in [5.74, 6) is -1.60. The first kappa shape index (κ1) is 30.0. The molecule has 1 unspecified atom stereocenters. The number of nitrogens with one attached hydrogen (secondary N) is 1. The second kappa shape index (κ2) is 13.0. The molecule has 3 aliphatic rings. The number of epoxide rings is 1. The van der Waals surface area contributed by atoms with Crippen molar-refractivity contribution in [1.82, 2.24) is 5.32 Å². The van der Waals surface area contributed by atoms with Crippen molar-refractivity contribution in [1.29, 1.82) is 0 Å². The van der Waals surface area contributed by atoms with E-state index in [4.69, 9.17) is 25.1 Å². The molecule has 3 rings (SSSR count). The largest absolute Gasteiger partial charge is 0.481 e. The standard InChI is InChI=1S/C28H42N2O8/c1-16(6-9-23-27(35)28(15-36-28)14-20(38-23)13-24(29)31)5-8-22-18(3)12-21(19(4)37-22)30-25(32)10-7-17(2)11-26(33)34/h5-7,9-10,17-23,27,35H,8,11-15H2,1-4H3,(H2,29,31)(H,30,32)(H,33,34)/t17?,18-,19+,20+,21+,22-,23+,27+,28+/m0/s1. The van der Waals surface area contributed by atoms with Crippen LogP contribution < -0.4 is 11.1 Å². The zero-order valence-electron chi connectivity index (χ0n) is 22.7. The van der Waals surface area contributed by atoms with Crippen LogP contribution >= 0.6 is 0 Å². The van der Waals surface area contributed by atoms with Gasteiger partial charge in [0.2, 0.25) is 11.8 Å². The Morgan fingerprint density at radius 2 is 1.92 bits per heavy atom. The minimum atomic E-state index is -0.897. The molecule has 5 N–H and O–H groups in total. The van der Waals surface area contributed by atoms with Gasteiger partial charge in [-0.15, -0.1) is 0 Å². The van der Waals surface area contributed by atoms with Gasteiger partial charge in [0.15, 0.2) is 0 Å². The number of nitrogens with two attached hydrogens (primary N) is 1. The smallest absolute Gasteiger partial charge is 0.303 e. The number of amides is 2. The van der Waals surface area contributed by atoms with Crippen molar-refractivity contribution < 1.29 is 38.8 Å². The van der Waals surface area contributed by atoms with Crippen LogP contribution in [0.25, 0.3) is 0 Å². The average molecular weight is 535 g/mol. The summed E-state index contributed by atoms with van der Waals surface area (Å²) in [6.07, 6.45) is 8.82. The number of carbonyl (C=O) groups is 3. The van der Waals surface area contributed by atoms with E-state index < -0.39 is 29.7 Å². The quantitative estimate of drug-likeness (QED) is 0.178. The van der Waals surface area contributed by atoms with Gasteiger partial charge in [0, 0.05) is 6.42 Å². The van der Waals surface area contributed by atoms with Crippen molar-refractivity contribution in [2.24, 2.45) is 17.6 Å². The molecular weight excluding hydrogens is 492 g/mol. The van der Waals surface area contributed by atoms with Gasteiger partial charge in [-0.3, -0.25) is 14.4 Å². The van der Waals surface area contributed by atoms with Crippen molar-refractivity contribution in [3.63, 3.8) is 0 Å². The maximum absolute atomic E-state index is 12.3. The molecule has 9 atom stereocenters. The topological polar surface area (TPSA) is 161 Å². The molecule has 0 aromatic rings. The number of allylic oxidation sites excluding steroid dienone is 3. The second-order valence-electron chi connectivity index (χ2n) is 11.1. The highest BCUT2D eigenvalue weighted by molar-refractivity contribution is 5.87. The summed E-state index contributed by atoms with van der Waals surface area (Å²) >= 11 is 0. The van der Waals surface area contributed by atoms with Crippen LogP contribution in [0.4, 0.5) is 0 Å². The number of hydrogen-bond acceptors (Lipinski definition) is 7. The van der Waals surface area contributed by atoms with Gasteiger partial charge in [0.1, 0.15) is 17.8 Å². The monoisotopic (exact) mass is 534 g/mol. The lowest BCUT2D eigenvalue weighted by atomic mass is 9.87. The highest BCUT2D eigenvalue weighted by Gasteiger charge is 2.58. The number of aliphatic carboxylic acids is 1. The van der Waals surface area contributed by atoms with Crippen LogP contribution in [-0.4, -0.2) is 76.8 Å². The predicted molar refractivity (Wildman–Crippen MR) is 140 cm³/mol. The summed E-state index contributed by atoms with van der Waals surface area (Å²) in [6, 6.07) is -0.131. The van der Waals surface area contributed by atoms with Crippen LogP contribution in [0, 0.1) is 11.8 Å². The minimum absolute atomic E-state index is 0.00719. The molecular formula is C28H42N2O8. The lowest BCUT2D eigenvalue weighted by Gasteiger charge is -2.39. The molecule has 0 saturated carbocycles. The highest BCUT2D eigenvalue weighted by Crippen LogP contribution is 2.43. The van der Waals surface area contributed by atoms with Gasteiger partial charge in [-0.2, -0.15) is 0 Å².